The van der Waals surface area contributed by atoms with Crippen molar-refractivity contribution in [3.63, 3.8) is 0 Å². The third-order valence-electron chi connectivity index (χ3n) is 3.23. The smallest absolute Gasteiger partial charge is 0.123 e. The third-order valence-corrected chi connectivity index (χ3v) is 3.23. The molecular weight excluding hydrogens is 225 g/mol. The van der Waals surface area contributed by atoms with Gasteiger partial charge in [0, 0.05) is 11.1 Å². The Hall–Kier alpha value is -1.44. The van der Waals surface area contributed by atoms with Crippen LogP contribution in [0.15, 0.2) is 24.3 Å². The first-order valence-electron chi connectivity index (χ1n) is 6.82. The first-order valence-corrected chi connectivity index (χ1v) is 6.82. The summed E-state index contributed by atoms with van der Waals surface area (Å²) in [6, 6.07) is 6.94. The standard InChI is InChI=1S/C16H20FN/c1-3-5-7-15-12(6-4-2)10-13-11-14(17)8-9-16(13)18-15/h8-11H,3-7H2,1-2H3. The van der Waals surface area contributed by atoms with Gasteiger partial charge in [-0.15, -0.1) is 0 Å². The number of fused-ring (bicyclic) bond motifs is 1. The molecule has 0 aliphatic rings. The van der Waals surface area contributed by atoms with Gasteiger partial charge in [0.1, 0.15) is 5.82 Å². The van der Waals surface area contributed by atoms with Crippen LogP contribution >= 0.6 is 0 Å². The van der Waals surface area contributed by atoms with Gasteiger partial charge in [0.2, 0.25) is 0 Å². The van der Waals surface area contributed by atoms with Gasteiger partial charge in [0.05, 0.1) is 5.52 Å². The number of nitrogens with zero attached hydrogens (tertiary/aromatic N) is 1. The lowest BCUT2D eigenvalue weighted by Crippen LogP contribution is -1.99. The van der Waals surface area contributed by atoms with Crippen molar-refractivity contribution in [3.8, 4) is 0 Å². The van der Waals surface area contributed by atoms with Gasteiger partial charge in [-0.3, -0.25) is 4.98 Å². The number of benzene rings is 1. The van der Waals surface area contributed by atoms with Gasteiger partial charge in [-0.05, 0) is 49.1 Å². The maximum Gasteiger partial charge on any atom is 0.123 e. The molecule has 0 saturated heterocycles. The van der Waals surface area contributed by atoms with E-state index in [1.165, 1.54) is 23.7 Å². The number of rotatable bonds is 5. The Kier molecular flexibility index (Phi) is 4.29. The summed E-state index contributed by atoms with van der Waals surface area (Å²) in [5.74, 6) is -0.187. The largest absolute Gasteiger partial charge is 0.253 e. The number of hydrogen-bond acceptors (Lipinski definition) is 1. The number of pyridine rings is 1. The number of hydrogen-bond donors (Lipinski definition) is 0. The van der Waals surface area contributed by atoms with Crippen LogP contribution in [0.5, 0.6) is 0 Å². The quantitative estimate of drug-likeness (QED) is 0.746. The van der Waals surface area contributed by atoms with Crippen LogP contribution in [-0.2, 0) is 12.8 Å². The van der Waals surface area contributed by atoms with Gasteiger partial charge in [-0.1, -0.05) is 26.7 Å². The predicted octanol–water partition coefficient (Wildman–Crippen LogP) is 4.67. The summed E-state index contributed by atoms with van der Waals surface area (Å²) in [5.41, 5.74) is 3.38. The van der Waals surface area contributed by atoms with E-state index in [0.29, 0.717) is 0 Å². The molecule has 18 heavy (non-hydrogen) atoms. The Bertz CT molecular complexity index is 534. The maximum absolute atomic E-state index is 13.2. The van der Waals surface area contributed by atoms with Crippen molar-refractivity contribution >= 4 is 10.9 Å². The lowest BCUT2D eigenvalue weighted by atomic mass is 10.0. The molecule has 0 fully saturated rings. The molecule has 1 heterocycles. The van der Waals surface area contributed by atoms with Crippen molar-refractivity contribution in [2.24, 2.45) is 0 Å². The Morgan fingerprint density at radius 3 is 2.61 bits per heavy atom. The molecule has 0 saturated carbocycles. The van der Waals surface area contributed by atoms with Crippen molar-refractivity contribution < 1.29 is 4.39 Å². The van der Waals surface area contributed by atoms with Crippen LogP contribution in [0.25, 0.3) is 10.9 Å². The highest BCUT2D eigenvalue weighted by molar-refractivity contribution is 5.79. The van der Waals surface area contributed by atoms with E-state index in [0.717, 1.165) is 36.6 Å². The van der Waals surface area contributed by atoms with Crippen LogP contribution in [0.2, 0.25) is 0 Å². The monoisotopic (exact) mass is 245 g/mol. The van der Waals surface area contributed by atoms with E-state index in [2.05, 4.69) is 19.9 Å². The van der Waals surface area contributed by atoms with Crippen molar-refractivity contribution in [1.29, 1.82) is 0 Å². The molecule has 1 nitrogen and oxygen atoms in total. The van der Waals surface area contributed by atoms with Crippen molar-refractivity contribution in [1.82, 2.24) is 4.98 Å². The summed E-state index contributed by atoms with van der Waals surface area (Å²) in [7, 11) is 0. The van der Waals surface area contributed by atoms with Crippen molar-refractivity contribution in [3.05, 3.63) is 41.3 Å². The summed E-state index contributed by atoms with van der Waals surface area (Å²) in [6.07, 6.45) is 5.49. The van der Waals surface area contributed by atoms with Gasteiger partial charge < -0.3 is 0 Å². The highest BCUT2D eigenvalue weighted by Gasteiger charge is 2.07. The van der Waals surface area contributed by atoms with E-state index < -0.39 is 0 Å². The number of halogens is 1. The Balaban J connectivity index is 2.46. The minimum Gasteiger partial charge on any atom is -0.253 e. The Labute approximate surface area is 108 Å². The van der Waals surface area contributed by atoms with E-state index >= 15 is 0 Å². The molecule has 0 aliphatic heterocycles. The second-order valence-electron chi connectivity index (χ2n) is 4.78. The average molecular weight is 245 g/mol. The fourth-order valence-corrected chi connectivity index (χ4v) is 2.28. The van der Waals surface area contributed by atoms with Gasteiger partial charge in [0.25, 0.3) is 0 Å². The third kappa shape index (κ3) is 2.87. The number of unbranched alkanes of at least 4 members (excludes halogenated alkanes) is 1. The molecule has 1 aromatic carbocycles. The van der Waals surface area contributed by atoms with Crippen molar-refractivity contribution in [2.75, 3.05) is 0 Å². The topological polar surface area (TPSA) is 12.9 Å². The molecule has 0 N–H and O–H groups in total. The predicted molar refractivity (Wildman–Crippen MR) is 74.3 cm³/mol. The molecule has 96 valence electrons. The van der Waals surface area contributed by atoms with E-state index in [1.807, 2.05) is 0 Å². The SMILES string of the molecule is CCCCc1nc2ccc(F)cc2cc1CCC. The Morgan fingerprint density at radius 2 is 1.89 bits per heavy atom. The number of aromatic nitrogens is 1. The van der Waals surface area contributed by atoms with E-state index in [-0.39, 0.29) is 5.82 Å². The fraction of sp³-hybridized carbons (Fsp3) is 0.438. The molecule has 0 amide bonds. The van der Waals surface area contributed by atoms with E-state index in [9.17, 15) is 4.39 Å². The summed E-state index contributed by atoms with van der Waals surface area (Å²) in [6.45, 7) is 4.36. The summed E-state index contributed by atoms with van der Waals surface area (Å²) >= 11 is 0. The highest BCUT2D eigenvalue weighted by atomic mass is 19.1. The average Bonchev–Trinajstić information content (AvgIpc) is 2.36. The fourth-order valence-electron chi connectivity index (χ4n) is 2.28. The van der Waals surface area contributed by atoms with Gasteiger partial charge in [-0.25, -0.2) is 4.39 Å². The highest BCUT2D eigenvalue weighted by Crippen LogP contribution is 2.20. The maximum atomic E-state index is 13.2. The summed E-state index contributed by atoms with van der Waals surface area (Å²) in [4.78, 5) is 4.71. The van der Waals surface area contributed by atoms with E-state index in [4.69, 9.17) is 4.98 Å². The van der Waals surface area contributed by atoms with Crippen LogP contribution in [0.3, 0.4) is 0 Å². The second-order valence-corrected chi connectivity index (χ2v) is 4.78. The molecule has 0 atom stereocenters. The second kappa shape index (κ2) is 5.94. The zero-order valence-electron chi connectivity index (χ0n) is 11.2. The van der Waals surface area contributed by atoms with E-state index in [1.54, 1.807) is 12.1 Å². The molecular formula is C16H20FN. The lowest BCUT2D eigenvalue weighted by molar-refractivity contribution is 0.629. The molecule has 0 spiro atoms. The Morgan fingerprint density at radius 1 is 1.06 bits per heavy atom. The minimum absolute atomic E-state index is 0.187. The molecule has 0 unspecified atom stereocenters. The van der Waals surface area contributed by atoms with Gasteiger partial charge in [0.15, 0.2) is 0 Å². The summed E-state index contributed by atoms with van der Waals surface area (Å²) in [5, 5.41) is 0.915. The molecule has 2 heteroatoms. The lowest BCUT2D eigenvalue weighted by Gasteiger charge is -2.10. The van der Waals surface area contributed by atoms with Crippen LogP contribution in [0.4, 0.5) is 4.39 Å². The zero-order valence-corrected chi connectivity index (χ0v) is 11.2. The van der Waals surface area contributed by atoms with Crippen molar-refractivity contribution in [2.45, 2.75) is 46.0 Å². The van der Waals surface area contributed by atoms with Crippen LogP contribution in [0.1, 0.15) is 44.4 Å². The first-order chi connectivity index (χ1) is 8.74. The van der Waals surface area contributed by atoms with Gasteiger partial charge in [-0.2, -0.15) is 0 Å². The first kappa shape index (κ1) is 13.0. The van der Waals surface area contributed by atoms with Crippen LogP contribution < -0.4 is 0 Å². The minimum atomic E-state index is -0.187. The van der Waals surface area contributed by atoms with Crippen LogP contribution in [0, 0.1) is 5.82 Å². The molecule has 2 rings (SSSR count). The van der Waals surface area contributed by atoms with Crippen LogP contribution in [-0.4, -0.2) is 4.98 Å². The molecule has 0 radical (unpaired) electrons. The number of aryl methyl sites for hydroxylation is 2. The molecule has 2 aromatic rings. The molecule has 1 aromatic heterocycles. The zero-order chi connectivity index (χ0) is 13.0. The summed E-state index contributed by atoms with van der Waals surface area (Å²) < 4.78 is 13.2. The molecule has 0 bridgehead atoms. The molecule has 0 aliphatic carbocycles. The normalized spacial score (nSPS) is 11.1. The van der Waals surface area contributed by atoms with Gasteiger partial charge >= 0.3 is 0 Å².